The molecular formula is C9H17NO2. The standard InChI is InChI=1S/C9H17NO2/c1-7(11)9-5-3-4-6-10(9)8(2)12/h7,9,11H,3-6H2,1-2H3. The third kappa shape index (κ3) is 1.97. The second-order valence-corrected chi connectivity index (χ2v) is 3.52. The quantitative estimate of drug-likeness (QED) is 0.633. The normalized spacial score (nSPS) is 26.9. The number of carbonyl (C=O) groups is 1. The predicted molar refractivity (Wildman–Crippen MR) is 46.7 cm³/mol. The van der Waals surface area contributed by atoms with E-state index in [0.29, 0.717) is 0 Å². The lowest BCUT2D eigenvalue weighted by Crippen LogP contribution is -2.47. The highest BCUT2D eigenvalue weighted by Crippen LogP contribution is 2.19. The molecule has 0 aromatic carbocycles. The van der Waals surface area contributed by atoms with Gasteiger partial charge in [-0.15, -0.1) is 0 Å². The molecule has 0 radical (unpaired) electrons. The highest BCUT2D eigenvalue weighted by molar-refractivity contribution is 5.73. The minimum absolute atomic E-state index is 0.0521. The van der Waals surface area contributed by atoms with Gasteiger partial charge in [0.05, 0.1) is 12.1 Å². The van der Waals surface area contributed by atoms with E-state index in [1.807, 2.05) is 0 Å². The van der Waals surface area contributed by atoms with Crippen LogP contribution in [0.1, 0.15) is 33.1 Å². The fraction of sp³-hybridized carbons (Fsp3) is 0.889. The molecule has 0 saturated carbocycles. The summed E-state index contributed by atoms with van der Waals surface area (Å²) in [5, 5.41) is 9.40. The number of aliphatic hydroxyl groups excluding tert-OH is 1. The van der Waals surface area contributed by atoms with Gasteiger partial charge in [0.1, 0.15) is 0 Å². The van der Waals surface area contributed by atoms with E-state index in [4.69, 9.17) is 0 Å². The van der Waals surface area contributed by atoms with Gasteiger partial charge in [-0.1, -0.05) is 0 Å². The van der Waals surface area contributed by atoms with Crippen LogP contribution in [0.2, 0.25) is 0 Å². The number of carbonyl (C=O) groups excluding carboxylic acids is 1. The van der Waals surface area contributed by atoms with Gasteiger partial charge in [0.2, 0.25) is 5.91 Å². The molecule has 1 heterocycles. The van der Waals surface area contributed by atoms with Gasteiger partial charge in [-0.2, -0.15) is 0 Å². The summed E-state index contributed by atoms with van der Waals surface area (Å²) in [4.78, 5) is 12.9. The summed E-state index contributed by atoms with van der Waals surface area (Å²) in [6.45, 7) is 4.14. The molecule has 3 heteroatoms. The van der Waals surface area contributed by atoms with Crippen LogP contribution in [0.25, 0.3) is 0 Å². The summed E-state index contributed by atoms with van der Waals surface area (Å²) in [6.07, 6.45) is 2.74. The average Bonchev–Trinajstić information content (AvgIpc) is 2.04. The second-order valence-electron chi connectivity index (χ2n) is 3.52. The van der Waals surface area contributed by atoms with Crippen molar-refractivity contribution in [2.24, 2.45) is 0 Å². The van der Waals surface area contributed by atoms with E-state index in [2.05, 4.69) is 0 Å². The molecule has 70 valence electrons. The van der Waals surface area contributed by atoms with Gasteiger partial charge in [-0.25, -0.2) is 0 Å². The summed E-state index contributed by atoms with van der Waals surface area (Å²) < 4.78 is 0. The molecule has 0 aromatic heterocycles. The van der Waals surface area contributed by atoms with Gasteiger partial charge in [0.25, 0.3) is 0 Å². The number of amides is 1. The summed E-state index contributed by atoms with van der Waals surface area (Å²) in [5.74, 6) is 0.0839. The first-order valence-electron chi connectivity index (χ1n) is 4.58. The number of piperidine rings is 1. The second kappa shape index (κ2) is 3.90. The van der Waals surface area contributed by atoms with Crippen LogP contribution >= 0.6 is 0 Å². The number of nitrogens with zero attached hydrogens (tertiary/aromatic N) is 1. The number of hydrogen-bond acceptors (Lipinski definition) is 2. The molecule has 0 bridgehead atoms. The van der Waals surface area contributed by atoms with Crippen LogP contribution in [0, 0.1) is 0 Å². The van der Waals surface area contributed by atoms with Crippen LogP contribution in [0.5, 0.6) is 0 Å². The molecule has 1 saturated heterocycles. The van der Waals surface area contributed by atoms with Crippen molar-refractivity contribution < 1.29 is 9.90 Å². The zero-order chi connectivity index (χ0) is 9.14. The van der Waals surface area contributed by atoms with Crippen LogP contribution in [0.15, 0.2) is 0 Å². The molecule has 12 heavy (non-hydrogen) atoms. The van der Waals surface area contributed by atoms with Crippen molar-refractivity contribution in [3.8, 4) is 0 Å². The van der Waals surface area contributed by atoms with Gasteiger partial charge in [0.15, 0.2) is 0 Å². The summed E-state index contributed by atoms with van der Waals surface area (Å²) in [6, 6.07) is 0.0521. The lowest BCUT2D eigenvalue weighted by Gasteiger charge is -2.36. The number of likely N-dealkylation sites (tertiary alicyclic amines) is 1. The Morgan fingerprint density at radius 2 is 2.25 bits per heavy atom. The maximum Gasteiger partial charge on any atom is 0.219 e. The topological polar surface area (TPSA) is 40.5 Å². The summed E-state index contributed by atoms with van der Waals surface area (Å²) in [5.41, 5.74) is 0. The fourth-order valence-electron chi connectivity index (χ4n) is 1.85. The van der Waals surface area contributed by atoms with E-state index < -0.39 is 6.10 Å². The number of hydrogen-bond donors (Lipinski definition) is 1. The third-order valence-electron chi connectivity index (χ3n) is 2.51. The van der Waals surface area contributed by atoms with Crippen molar-refractivity contribution in [3.63, 3.8) is 0 Å². The SMILES string of the molecule is CC(=O)N1CCCCC1C(C)O. The lowest BCUT2D eigenvalue weighted by atomic mass is 9.98. The zero-order valence-corrected chi connectivity index (χ0v) is 7.79. The Kier molecular flexibility index (Phi) is 3.09. The smallest absolute Gasteiger partial charge is 0.219 e. The first-order valence-corrected chi connectivity index (χ1v) is 4.58. The van der Waals surface area contributed by atoms with E-state index in [9.17, 15) is 9.90 Å². The van der Waals surface area contributed by atoms with Crippen LogP contribution in [0.3, 0.4) is 0 Å². The van der Waals surface area contributed by atoms with Crippen LogP contribution in [0.4, 0.5) is 0 Å². The highest BCUT2D eigenvalue weighted by Gasteiger charge is 2.27. The molecule has 0 aromatic rings. The van der Waals surface area contributed by atoms with Crippen LogP contribution in [-0.2, 0) is 4.79 Å². The van der Waals surface area contributed by atoms with Crippen LogP contribution < -0.4 is 0 Å². The molecule has 0 aliphatic carbocycles. The summed E-state index contributed by atoms with van der Waals surface area (Å²) >= 11 is 0. The minimum Gasteiger partial charge on any atom is -0.391 e. The lowest BCUT2D eigenvalue weighted by molar-refractivity contribution is -0.135. The highest BCUT2D eigenvalue weighted by atomic mass is 16.3. The fourth-order valence-corrected chi connectivity index (χ4v) is 1.85. The van der Waals surface area contributed by atoms with Gasteiger partial charge in [0, 0.05) is 13.5 Å². The largest absolute Gasteiger partial charge is 0.391 e. The Hall–Kier alpha value is -0.570. The van der Waals surface area contributed by atoms with Crippen molar-refractivity contribution in [1.29, 1.82) is 0 Å². The Morgan fingerprint density at radius 1 is 1.58 bits per heavy atom. The molecule has 1 N–H and O–H groups in total. The van der Waals surface area contributed by atoms with Crippen LogP contribution in [-0.4, -0.2) is 34.6 Å². The van der Waals surface area contributed by atoms with E-state index in [-0.39, 0.29) is 11.9 Å². The van der Waals surface area contributed by atoms with Crippen molar-refractivity contribution in [2.45, 2.75) is 45.3 Å². The molecule has 1 aliphatic rings. The van der Waals surface area contributed by atoms with E-state index in [1.54, 1.807) is 18.7 Å². The molecule has 1 fully saturated rings. The van der Waals surface area contributed by atoms with Gasteiger partial charge >= 0.3 is 0 Å². The first-order chi connectivity index (χ1) is 5.63. The maximum atomic E-state index is 11.1. The first kappa shape index (κ1) is 9.52. The predicted octanol–water partition coefficient (Wildman–Crippen LogP) is 0.768. The number of rotatable bonds is 1. The van der Waals surface area contributed by atoms with Crippen molar-refractivity contribution in [1.82, 2.24) is 4.90 Å². The monoisotopic (exact) mass is 171 g/mol. The summed E-state index contributed by atoms with van der Waals surface area (Å²) in [7, 11) is 0. The molecule has 1 aliphatic heterocycles. The Bertz CT molecular complexity index is 168. The molecule has 1 amide bonds. The molecule has 2 unspecified atom stereocenters. The molecular weight excluding hydrogens is 154 g/mol. The van der Waals surface area contributed by atoms with Crippen molar-refractivity contribution in [2.75, 3.05) is 6.54 Å². The maximum absolute atomic E-state index is 11.1. The Morgan fingerprint density at radius 3 is 2.67 bits per heavy atom. The Labute approximate surface area is 73.4 Å². The van der Waals surface area contributed by atoms with Gasteiger partial charge in [-0.05, 0) is 26.2 Å². The minimum atomic E-state index is -0.394. The third-order valence-corrected chi connectivity index (χ3v) is 2.51. The molecule has 0 spiro atoms. The van der Waals surface area contributed by atoms with E-state index in [1.165, 1.54) is 0 Å². The van der Waals surface area contributed by atoms with E-state index in [0.717, 1.165) is 25.8 Å². The average molecular weight is 171 g/mol. The van der Waals surface area contributed by atoms with Gasteiger partial charge < -0.3 is 10.0 Å². The molecule has 2 atom stereocenters. The number of aliphatic hydroxyl groups is 1. The van der Waals surface area contributed by atoms with E-state index >= 15 is 0 Å². The van der Waals surface area contributed by atoms with Crippen molar-refractivity contribution >= 4 is 5.91 Å². The Balaban J connectivity index is 2.60. The van der Waals surface area contributed by atoms with Crippen molar-refractivity contribution in [3.05, 3.63) is 0 Å². The molecule has 3 nitrogen and oxygen atoms in total. The molecule has 1 rings (SSSR count). The zero-order valence-electron chi connectivity index (χ0n) is 7.79. The van der Waals surface area contributed by atoms with Gasteiger partial charge in [-0.3, -0.25) is 4.79 Å².